The minimum Gasteiger partial charge on any atom is -0.507 e. The number of methoxy groups -OCH3 is 1. The van der Waals surface area contributed by atoms with Crippen LogP contribution in [0.4, 0.5) is 5.69 Å². The van der Waals surface area contributed by atoms with Crippen molar-refractivity contribution in [1.29, 1.82) is 0 Å². The van der Waals surface area contributed by atoms with Gasteiger partial charge in [-0.25, -0.2) is 4.79 Å². The number of piperidine rings is 1. The Balaban J connectivity index is 1.61. The Morgan fingerprint density at radius 1 is 0.985 bits per heavy atom. The second-order valence-electron chi connectivity index (χ2n) is 18.7. The van der Waals surface area contributed by atoms with Crippen LogP contribution in [0.2, 0.25) is 0 Å². The van der Waals surface area contributed by atoms with E-state index in [4.69, 9.17) is 33.8 Å². The molecule has 0 radical (unpaired) electrons. The number of benzene rings is 2. The van der Waals surface area contributed by atoms with Gasteiger partial charge in [0, 0.05) is 93.6 Å². The Bertz CT molecular complexity index is 2480. The van der Waals surface area contributed by atoms with Gasteiger partial charge in [-0.2, -0.15) is 0 Å². The number of aromatic hydroxyl groups is 2. The third-order valence-corrected chi connectivity index (χ3v) is 13.3. The van der Waals surface area contributed by atoms with Crippen LogP contribution < -0.4 is 20.8 Å². The number of likely N-dealkylation sites (tertiary alicyclic amines) is 1. The van der Waals surface area contributed by atoms with Crippen molar-refractivity contribution < 1.29 is 63.7 Å². The van der Waals surface area contributed by atoms with E-state index in [9.17, 15) is 39.9 Å². The lowest BCUT2D eigenvalue weighted by molar-refractivity contribution is -0.160. The number of nitrogens with one attached hydrogen (secondary N) is 1. The lowest BCUT2D eigenvalue weighted by Crippen LogP contribution is -2.46. The Hall–Kier alpha value is -5.56. The van der Waals surface area contributed by atoms with Crippen LogP contribution >= 0.6 is 0 Å². The molecule has 1 fully saturated rings. The topological polar surface area (TPSA) is 251 Å². The zero-order valence-electron chi connectivity index (χ0n) is 39.6. The molecule has 0 unspecified atom stereocenters. The molecule has 0 aromatic heterocycles. The lowest BCUT2D eigenvalue weighted by Gasteiger charge is -2.38. The van der Waals surface area contributed by atoms with Crippen molar-refractivity contribution in [1.82, 2.24) is 4.90 Å². The second-order valence-corrected chi connectivity index (χ2v) is 18.7. The number of anilines is 1. The fourth-order valence-electron chi connectivity index (χ4n) is 9.49. The number of hydrogen-bond donors (Lipinski definition) is 6. The molecule has 4 aliphatic rings. The number of rotatable bonds is 7. The summed E-state index contributed by atoms with van der Waals surface area (Å²) >= 11 is 0. The first-order chi connectivity index (χ1) is 31.0. The highest BCUT2D eigenvalue weighted by atomic mass is 16.7. The zero-order valence-corrected chi connectivity index (χ0v) is 39.6. The van der Waals surface area contributed by atoms with Crippen LogP contribution in [0.5, 0.6) is 17.2 Å². The van der Waals surface area contributed by atoms with Crippen LogP contribution in [-0.2, 0) is 33.4 Å². The molecule has 360 valence electrons. The number of ether oxygens (including phenoxy) is 4. The highest BCUT2D eigenvalue weighted by Gasteiger charge is 2.49. The van der Waals surface area contributed by atoms with E-state index in [1.807, 2.05) is 0 Å². The predicted molar refractivity (Wildman–Crippen MR) is 243 cm³/mol. The van der Waals surface area contributed by atoms with Crippen molar-refractivity contribution in [3.63, 3.8) is 0 Å². The van der Waals surface area contributed by atoms with Crippen LogP contribution in [0.15, 0.2) is 51.3 Å². The number of phenolic OH excluding ortho intramolecular Hbond substituents is 2. The molecule has 6 rings (SSSR count). The number of esters is 1. The standard InChI is InChI=1S/C48H65N5O13/c1-23(2)21-53-18-16-48(17-19-53)50-36-33-34-41(59)29(8)44-35(33)45(52-64-22-32(55)56)47(10,66-44)63-20-15-31(62-11)26(5)43(65-30(9)54)28(7)40(58)27(6)39(57)24(3)13-12-14-25(4)46(61)49-38(42(34)60)37(36)51-48/h12-15,20,23-24,26-28,31,39-40,43,57-60H,16-19,21-22H2,1-11H3,(H,49,61)(H,55,56)/t24-,26+,27+,28+,31-,39-,40+,43+,47-/m0/s1. The fourth-order valence-corrected chi connectivity index (χ4v) is 9.49. The van der Waals surface area contributed by atoms with Gasteiger partial charge in [-0.15, -0.1) is 0 Å². The molecular weight excluding hydrogens is 855 g/mol. The molecule has 0 saturated carbocycles. The lowest BCUT2D eigenvalue weighted by atomic mass is 9.78. The number of carbonyl (C=O) groups is 3. The number of allylic oxidation sites excluding steroid dienone is 2. The Morgan fingerprint density at radius 2 is 1.65 bits per heavy atom. The molecule has 1 saturated heterocycles. The van der Waals surface area contributed by atoms with Gasteiger partial charge in [-0.1, -0.05) is 64.9 Å². The van der Waals surface area contributed by atoms with Crippen LogP contribution in [0, 0.1) is 36.5 Å². The maximum absolute atomic E-state index is 14.0. The molecule has 1 amide bonds. The van der Waals surface area contributed by atoms with E-state index in [0.717, 1.165) is 6.54 Å². The number of oxime groups is 1. The SMILES string of the molecule is CO[C@H]1C=CO[C@@]2(C)Oc3c(C)c(O)c4c(O)c(c5c(c4c3C2=NOCC(=O)O)=NC2(CCN(CC(C)C)CC2)N=5)NC(=O)C(C)=CC=C[C@H](C)[C@H](O)[C@@H](C)[C@@H](O)[C@@H](C)[C@H](OC(C)=O)[C@@H]1C. The largest absolute Gasteiger partial charge is 0.507 e. The van der Waals surface area contributed by atoms with E-state index in [-0.39, 0.29) is 55.3 Å². The van der Waals surface area contributed by atoms with Crippen molar-refractivity contribution >= 4 is 40.0 Å². The molecule has 0 aliphatic carbocycles. The molecule has 9 atom stereocenters. The van der Waals surface area contributed by atoms with E-state index in [2.05, 4.69) is 29.2 Å². The summed E-state index contributed by atoms with van der Waals surface area (Å²) in [4.78, 5) is 56.4. The van der Waals surface area contributed by atoms with Crippen molar-refractivity contribution in [2.45, 2.75) is 118 Å². The summed E-state index contributed by atoms with van der Waals surface area (Å²) in [7, 11) is 1.45. The second kappa shape index (κ2) is 19.7. The minimum atomic E-state index is -1.89. The van der Waals surface area contributed by atoms with Crippen molar-refractivity contribution in [2.24, 2.45) is 44.7 Å². The van der Waals surface area contributed by atoms with Gasteiger partial charge < -0.3 is 59.5 Å². The van der Waals surface area contributed by atoms with E-state index < -0.39 is 95.5 Å². The minimum absolute atomic E-state index is 0.0730. The molecule has 6 N–H and O–H groups in total. The van der Waals surface area contributed by atoms with Gasteiger partial charge in [0.15, 0.2) is 17.1 Å². The molecule has 2 aromatic rings. The smallest absolute Gasteiger partial charge is 0.344 e. The number of carboxylic acids is 1. The zero-order chi connectivity index (χ0) is 48.6. The quantitative estimate of drug-likeness (QED) is 0.128. The molecule has 18 heteroatoms. The average molecular weight is 920 g/mol. The van der Waals surface area contributed by atoms with E-state index in [1.54, 1.807) is 65.8 Å². The van der Waals surface area contributed by atoms with E-state index in [0.29, 0.717) is 31.8 Å². The average Bonchev–Trinajstić information content (AvgIpc) is 3.77. The summed E-state index contributed by atoms with van der Waals surface area (Å²) in [5.74, 6) is -7.28. The van der Waals surface area contributed by atoms with Gasteiger partial charge in [0.2, 0.25) is 6.61 Å². The first-order valence-electron chi connectivity index (χ1n) is 22.5. The molecule has 1 spiro atoms. The van der Waals surface area contributed by atoms with Gasteiger partial charge in [0.1, 0.15) is 28.6 Å². The van der Waals surface area contributed by atoms with Crippen LogP contribution in [0.3, 0.4) is 0 Å². The van der Waals surface area contributed by atoms with Crippen molar-refractivity contribution in [3.8, 4) is 17.2 Å². The summed E-state index contributed by atoms with van der Waals surface area (Å²) in [5, 5.41) is 64.6. The third-order valence-electron chi connectivity index (χ3n) is 13.3. The Kier molecular flexibility index (Phi) is 14.9. The number of aliphatic carboxylic acids is 1. The molecule has 4 aliphatic heterocycles. The Labute approximate surface area is 384 Å². The number of hydrogen-bond acceptors (Lipinski definition) is 16. The molecular formula is C48H65N5O13. The number of aliphatic hydroxyl groups excluding tert-OH is 2. The third kappa shape index (κ3) is 9.78. The number of nitrogens with zero attached hydrogens (tertiary/aromatic N) is 4. The number of aliphatic hydroxyl groups is 2. The van der Waals surface area contributed by atoms with Gasteiger partial charge in [-0.05, 0) is 25.8 Å². The first kappa shape index (κ1) is 49.9. The van der Waals surface area contributed by atoms with Crippen molar-refractivity contribution in [3.05, 3.63) is 58.0 Å². The summed E-state index contributed by atoms with van der Waals surface area (Å²) in [6, 6.07) is 0. The van der Waals surface area contributed by atoms with E-state index in [1.165, 1.54) is 27.2 Å². The maximum atomic E-state index is 14.0. The first-order valence-corrected chi connectivity index (χ1v) is 22.5. The van der Waals surface area contributed by atoms with Gasteiger partial charge >= 0.3 is 11.9 Å². The number of carbonyl (C=O) groups excluding carboxylic acids is 2. The summed E-state index contributed by atoms with van der Waals surface area (Å²) in [5.41, 5.74) is -0.608. The van der Waals surface area contributed by atoms with Crippen LogP contribution in [0.1, 0.15) is 86.3 Å². The number of phenols is 2. The highest BCUT2D eigenvalue weighted by molar-refractivity contribution is 6.21. The summed E-state index contributed by atoms with van der Waals surface area (Å²) in [6.07, 6.45) is 4.82. The summed E-state index contributed by atoms with van der Waals surface area (Å²) in [6.45, 7) is 18.6. The molecule has 18 nitrogen and oxygen atoms in total. The normalized spacial score (nSPS) is 29.8. The maximum Gasteiger partial charge on any atom is 0.344 e. The molecule has 4 heterocycles. The highest BCUT2D eigenvalue weighted by Crippen LogP contribution is 2.50. The van der Waals surface area contributed by atoms with Gasteiger partial charge in [0.05, 0.1) is 40.9 Å². The number of fused-ring (bicyclic) bond motifs is 1. The van der Waals surface area contributed by atoms with Gasteiger partial charge in [-0.3, -0.25) is 19.6 Å². The van der Waals surface area contributed by atoms with Crippen LogP contribution in [-0.4, -0.2) is 123 Å². The summed E-state index contributed by atoms with van der Waals surface area (Å²) < 4.78 is 24.6. The Morgan fingerprint density at radius 3 is 2.27 bits per heavy atom. The predicted octanol–water partition coefficient (Wildman–Crippen LogP) is 4.37. The molecule has 66 heavy (non-hydrogen) atoms. The molecule has 4 bridgehead atoms. The fraction of sp³-hybridized carbons (Fsp3) is 0.583. The number of amides is 1. The van der Waals surface area contributed by atoms with E-state index >= 15 is 0 Å². The monoisotopic (exact) mass is 919 g/mol. The van der Waals surface area contributed by atoms with Gasteiger partial charge in [0.25, 0.3) is 11.7 Å². The van der Waals surface area contributed by atoms with Crippen LogP contribution in [0.25, 0.3) is 10.8 Å². The van der Waals surface area contributed by atoms with Crippen molar-refractivity contribution in [2.75, 3.05) is 38.7 Å². The molecule has 2 aromatic carbocycles. The number of carboxylic acid groups (broad SMARTS) is 1.